The number of halogens is 2. The van der Waals surface area contributed by atoms with Gasteiger partial charge in [-0.1, -0.05) is 30.3 Å². The van der Waals surface area contributed by atoms with E-state index < -0.39 is 11.9 Å². The second-order valence-corrected chi connectivity index (χ2v) is 8.23. The topological polar surface area (TPSA) is 186 Å². The highest BCUT2D eigenvalue weighted by atomic mass is 19.1. The summed E-state index contributed by atoms with van der Waals surface area (Å²) < 4.78 is 29.1. The van der Waals surface area contributed by atoms with E-state index in [0.717, 1.165) is 4.90 Å². The Bertz CT molecular complexity index is 1650. The molecule has 0 aliphatic rings. The van der Waals surface area contributed by atoms with E-state index in [9.17, 15) is 18.7 Å². The van der Waals surface area contributed by atoms with Crippen LogP contribution < -0.4 is 16.4 Å². The Morgan fingerprint density at radius 1 is 0.975 bits per heavy atom. The van der Waals surface area contributed by atoms with Crippen molar-refractivity contribution in [3.05, 3.63) is 95.4 Å². The Kier molecular flexibility index (Phi) is 8.08. The van der Waals surface area contributed by atoms with Crippen LogP contribution in [-0.2, 0) is 17.8 Å². The summed E-state index contributed by atoms with van der Waals surface area (Å²) in [4.78, 5) is 34.5. The maximum absolute atomic E-state index is 14.3. The molecule has 40 heavy (non-hydrogen) atoms. The summed E-state index contributed by atoms with van der Waals surface area (Å²) in [6.45, 7) is -0.406. The van der Waals surface area contributed by atoms with E-state index >= 15 is 0 Å². The summed E-state index contributed by atoms with van der Waals surface area (Å²) in [5, 5.41) is 21.0. The van der Waals surface area contributed by atoms with E-state index in [0.29, 0.717) is 28.2 Å². The lowest BCUT2D eigenvalue weighted by molar-refractivity contribution is -0.122. The van der Waals surface area contributed by atoms with E-state index in [4.69, 9.17) is 21.4 Å². The predicted molar refractivity (Wildman–Crippen MR) is 141 cm³/mol. The summed E-state index contributed by atoms with van der Waals surface area (Å²) in [5.41, 5.74) is 14.0. The summed E-state index contributed by atoms with van der Waals surface area (Å²) in [6, 6.07) is 15.1. The van der Waals surface area contributed by atoms with Crippen LogP contribution in [0, 0.1) is 11.6 Å². The molecular weight excluding hydrogens is 526 g/mol. The SMILES string of the molecule is Nc1nc(-c2nc(Cc3ccccc3F)n3ncccc23)nc(N)c1N(Cc1ccc(F)cc1)C(=O)O.O=CO. The minimum Gasteiger partial charge on any atom is -0.483 e. The van der Waals surface area contributed by atoms with Crippen molar-refractivity contribution in [2.75, 3.05) is 16.4 Å². The smallest absolute Gasteiger partial charge is 0.412 e. The quantitative estimate of drug-likeness (QED) is 0.228. The lowest BCUT2D eigenvalue weighted by atomic mass is 10.1. The van der Waals surface area contributed by atoms with Crippen molar-refractivity contribution in [2.45, 2.75) is 13.0 Å². The summed E-state index contributed by atoms with van der Waals surface area (Å²) in [6.07, 6.45) is 0.372. The largest absolute Gasteiger partial charge is 0.483 e. The van der Waals surface area contributed by atoms with Gasteiger partial charge in [0.15, 0.2) is 17.5 Å². The van der Waals surface area contributed by atoms with Gasteiger partial charge in [0.05, 0.1) is 12.1 Å². The van der Waals surface area contributed by atoms with Crippen LogP contribution >= 0.6 is 0 Å². The molecule has 0 spiro atoms. The van der Waals surface area contributed by atoms with Gasteiger partial charge in [0.25, 0.3) is 6.47 Å². The molecule has 5 rings (SSSR count). The number of benzene rings is 2. The van der Waals surface area contributed by atoms with Gasteiger partial charge in [0, 0.05) is 12.6 Å². The van der Waals surface area contributed by atoms with Crippen molar-refractivity contribution in [1.29, 1.82) is 0 Å². The Labute approximate surface area is 225 Å². The van der Waals surface area contributed by atoms with Gasteiger partial charge in [-0.2, -0.15) is 5.10 Å². The van der Waals surface area contributed by atoms with Crippen LogP contribution in [-0.4, -0.2) is 47.3 Å². The first kappa shape index (κ1) is 27.4. The average molecular weight is 549 g/mol. The molecular formula is C26H22F2N8O4. The van der Waals surface area contributed by atoms with E-state index in [1.807, 2.05) is 0 Å². The summed E-state index contributed by atoms with van der Waals surface area (Å²) >= 11 is 0. The van der Waals surface area contributed by atoms with Crippen LogP contribution in [0.2, 0.25) is 0 Å². The number of imidazole rings is 1. The maximum atomic E-state index is 14.3. The number of nitrogens with two attached hydrogens (primary N) is 2. The van der Waals surface area contributed by atoms with Crippen molar-refractivity contribution < 1.29 is 28.6 Å². The zero-order chi connectivity index (χ0) is 28.8. The number of anilines is 3. The number of nitrogens with zero attached hydrogens (tertiary/aromatic N) is 6. The first-order valence-electron chi connectivity index (χ1n) is 11.6. The minimum atomic E-state index is -1.34. The minimum absolute atomic E-state index is 0.0520. The summed E-state index contributed by atoms with van der Waals surface area (Å²) in [5.74, 6) is -0.713. The molecule has 14 heteroatoms. The Morgan fingerprint density at radius 3 is 2.25 bits per heavy atom. The fourth-order valence-electron chi connectivity index (χ4n) is 3.97. The molecule has 0 saturated carbocycles. The molecule has 2 aromatic carbocycles. The molecule has 0 aliphatic heterocycles. The van der Waals surface area contributed by atoms with Gasteiger partial charge in [-0.3, -0.25) is 9.69 Å². The van der Waals surface area contributed by atoms with Crippen molar-refractivity contribution in [1.82, 2.24) is 24.6 Å². The number of amides is 1. The normalized spacial score (nSPS) is 10.6. The monoisotopic (exact) mass is 548 g/mol. The number of aromatic nitrogens is 5. The third-order valence-corrected chi connectivity index (χ3v) is 5.69. The summed E-state index contributed by atoms with van der Waals surface area (Å²) in [7, 11) is 0. The fourth-order valence-corrected chi connectivity index (χ4v) is 3.97. The molecule has 3 heterocycles. The molecule has 0 bridgehead atoms. The molecule has 6 N–H and O–H groups in total. The zero-order valence-electron chi connectivity index (χ0n) is 20.6. The molecule has 3 aromatic heterocycles. The second kappa shape index (κ2) is 11.8. The Balaban J connectivity index is 0.00000118. The molecule has 1 amide bonds. The number of fused-ring (bicyclic) bond motifs is 1. The van der Waals surface area contributed by atoms with Crippen LogP contribution in [0.5, 0.6) is 0 Å². The van der Waals surface area contributed by atoms with E-state index in [-0.39, 0.29) is 48.4 Å². The molecule has 5 aromatic rings. The van der Waals surface area contributed by atoms with Crippen LogP contribution in [0.25, 0.3) is 17.0 Å². The zero-order valence-corrected chi connectivity index (χ0v) is 20.6. The number of hydrogen-bond donors (Lipinski definition) is 4. The van der Waals surface area contributed by atoms with Crippen LogP contribution in [0.4, 0.5) is 30.9 Å². The van der Waals surface area contributed by atoms with Gasteiger partial charge >= 0.3 is 6.09 Å². The van der Waals surface area contributed by atoms with E-state index in [2.05, 4.69) is 20.1 Å². The average Bonchev–Trinajstić information content (AvgIpc) is 3.29. The van der Waals surface area contributed by atoms with Crippen LogP contribution in [0.15, 0.2) is 66.9 Å². The lowest BCUT2D eigenvalue weighted by Crippen LogP contribution is -2.31. The fraction of sp³-hybridized carbons (Fsp3) is 0.0769. The first-order valence-corrected chi connectivity index (χ1v) is 11.6. The van der Waals surface area contributed by atoms with Gasteiger partial charge in [0.1, 0.15) is 28.8 Å². The van der Waals surface area contributed by atoms with Crippen molar-refractivity contribution in [2.24, 2.45) is 0 Å². The van der Waals surface area contributed by atoms with Gasteiger partial charge in [-0.15, -0.1) is 0 Å². The highest BCUT2D eigenvalue weighted by Crippen LogP contribution is 2.33. The standard InChI is InChI=1S/C25H20F2N8O2.CH2O2/c26-16-9-7-14(8-10-16)13-34(25(36)37)21-22(28)32-24(33-23(21)29)20-18-6-3-11-30-35(18)19(31-20)12-15-4-1-2-5-17(15)27;2-1-3/h1-11H,12-13H2,(H,36,37)(H4,28,29,32,33);1H,(H,2,3). The maximum Gasteiger partial charge on any atom is 0.412 e. The van der Waals surface area contributed by atoms with E-state index in [1.54, 1.807) is 41.0 Å². The molecule has 0 saturated heterocycles. The third-order valence-electron chi connectivity index (χ3n) is 5.69. The number of carboxylic acid groups (broad SMARTS) is 2. The number of rotatable bonds is 6. The Hall–Kier alpha value is -5.66. The number of carbonyl (C=O) groups is 2. The lowest BCUT2D eigenvalue weighted by Gasteiger charge is -2.22. The molecule has 0 fully saturated rings. The number of nitrogen functional groups attached to an aromatic ring is 2. The van der Waals surface area contributed by atoms with Gasteiger partial charge in [-0.25, -0.2) is 33.0 Å². The van der Waals surface area contributed by atoms with Gasteiger partial charge in [-0.05, 0) is 41.5 Å². The van der Waals surface area contributed by atoms with Crippen LogP contribution in [0.3, 0.4) is 0 Å². The van der Waals surface area contributed by atoms with Crippen LogP contribution in [0.1, 0.15) is 17.0 Å². The molecule has 0 unspecified atom stereocenters. The highest BCUT2D eigenvalue weighted by molar-refractivity contribution is 5.94. The van der Waals surface area contributed by atoms with Gasteiger partial charge < -0.3 is 21.7 Å². The molecule has 0 aliphatic carbocycles. The second-order valence-electron chi connectivity index (χ2n) is 8.23. The molecule has 204 valence electrons. The highest BCUT2D eigenvalue weighted by Gasteiger charge is 2.25. The number of hydrogen-bond acceptors (Lipinski definition) is 8. The van der Waals surface area contributed by atoms with Crippen molar-refractivity contribution in [3.8, 4) is 11.5 Å². The Morgan fingerprint density at radius 2 is 1.62 bits per heavy atom. The van der Waals surface area contributed by atoms with Crippen molar-refractivity contribution >= 4 is 35.4 Å². The van der Waals surface area contributed by atoms with Gasteiger partial charge in [0.2, 0.25) is 0 Å². The third kappa shape index (κ3) is 5.75. The predicted octanol–water partition coefficient (Wildman–Crippen LogP) is 3.61. The molecule has 0 radical (unpaired) electrons. The van der Waals surface area contributed by atoms with E-state index in [1.165, 1.54) is 30.3 Å². The molecule has 0 atom stereocenters. The van der Waals surface area contributed by atoms with Crippen molar-refractivity contribution in [3.63, 3.8) is 0 Å². The first-order chi connectivity index (χ1) is 19.2. The molecule has 12 nitrogen and oxygen atoms in total.